The number of hydrogen-bond acceptors (Lipinski definition) is 1. The maximum Gasteiger partial charge on any atom is 0.0541 e. The van der Waals surface area contributed by atoms with Crippen LogP contribution in [0.5, 0.6) is 0 Å². The van der Waals surface area contributed by atoms with Crippen LogP contribution in [0.15, 0.2) is 194 Å². The number of anilines is 3. The summed E-state index contributed by atoms with van der Waals surface area (Å²) in [5.74, 6) is 0. The third-order valence-corrected chi connectivity index (χ3v) is 11.2. The molecule has 9 aromatic rings. The van der Waals surface area contributed by atoms with Gasteiger partial charge in [-0.05, 0) is 111 Å². The van der Waals surface area contributed by atoms with E-state index in [4.69, 9.17) is 0 Å². The Kier molecular flexibility index (Phi) is 8.05. The van der Waals surface area contributed by atoms with Crippen LogP contribution in [0.1, 0.15) is 32.4 Å². The van der Waals surface area contributed by atoms with Gasteiger partial charge in [-0.3, -0.25) is 0 Å². The van der Waals surface area contributed by atoms with Crippen molar-refractivity contribution < 1.29 is 0 Å². The van der Waals surface area contributed by atoms with E-state index >= 15 is 0 Å². The molecule has 0 spiro atoms. The number of nitrogens with zero attached hydrogens (tertiary/aromatic N) is 2. The van der Waals surface area contributed by atoms with Crippen LogP contribution in [-0.2, 0) is 5.41 Å². The lowest BCUT2D eigenvalue weighted by molar-refractivity contribution is 0.660. The van der Waals surface area contributed by atoms with Gasteiger partial charge in [-0.2, -0.15) is 0 Å². The summed E-state index contributed by atoms with van der Waals surface area (Å²) in [7, 11) is 0. The summed E-state index contributed by atoms with van der Waals surface area (Å²) in [5.41, 5.74) is 17.2. The fourth-order valence-corrected chi connectivity index (χ4v) is 8.54. The van der Waals surface area contributed by atoms with Gasteiger partial charge in [0.25, 0.3) is 0 Å². The monoisotopic (exact) mass is 694 g/mol. The van der Waals surface area contributed by atoms with Crippen molar-refractivity contribution in [1.29, 1.82) is 0 Å². The van der Waals surface area contributed by atoms with Crippen LogP contribution in [0, 0.1) is 0 Å². The first-order valence-electron chi connectivity index (χ1n) is 18.4. The van der Waals surface area contributed by atoms with Gasteiger partial charge in [0.2, 0.25) is 0 Å². The van der Waals surface area contributed by atoms with E-state index in [1.807, 2.05) is 0 Å². The zero-order valence-electron chi connectivity index (χ0n) is 29.9. The molecular weight excluding hydrogens is 653 g/mol. The highest BCUT2D eigenvalue weighted by Gasteiger charge is 2.35. The Morgan fingerprint density at radius 3 is 1.63 bits per heavy atom. The van der Waals surface area contributed by atoms with Crippen LogP contribution >= 0.6 is 0 Å². The van der Waals surface area contributed by atoms with Gasteiger partial charge in [0, 0.05) is 38.9 Å². The van der Waals surface area contributed by atoms with Crippen molar-refractivity contribution >= 4 is 38.9 Å². The van der Waals surface area contributed by atoms with Crippen molar-refractivity contribution in [2.24, 2.45) is 0 Å². The van der Waals surface area contributed by atoms with Crippen LogP contribution in [0.4, 0.5) is 17.1 Å². The van der Waals surface area contributed by atoms with Crippen molar-refractivity contribution in [2.75, 3.05) is 4.90 Å². The molecule has 0 saturated heterocycles. The number of fused-ring (bicyclic) bond motifs is 6. The molecule has 0 fully saturated rings. The predicted molar refractivity (Wildman–Crippen MR) is 231 cm³/mol. The maximum atomic E-state index is 2.39. The lowest BCUT2D eigenvalue weighted by Crippen LogP contribution is -2.15. The third kappa shape index (κ3) is 5.33. The fraction of sp³-hybridized carbons (Fsp3) is 0.0769. The first kappa shape index (κ1) is 33.2. The largest absolute Gasteiger partial charge is 0.310 e. The molecule has 0 saturated carbocycles. The van der Waals surface area contributed by atoms with E-state index < -0.39 is 0 Å². The van der Waals surface area contributed by atoms with E-state index in [0.29, 0.717) is 0 Å². The van der Waals surface area contributed by atoms with Crippen molar-refractivity contribution in [2.45, 2.75) is 26.7 Å². The Bertz CT molecular complexity index is 2770. The van der Waals surface area contributed by atoms with Crippen LogP contribution in [-0.4, -0.2) is 4.57 Å². The summed E-state index contributed by atoms with van der Waals surface area (Å²) < 4.78 is 2.37. The summed E-state index contributed by atoms with van der Waals surface area (Å²) in [5, 5.41) is 2.52. The smallest absolute Gasteiger partial charge is 0.0541 e. The van der Waals surface area contributed by atoms with Gasteiger partial charge in [-0.1, -0.05) is 149 Å². The topological polar surface area (TPSA) is 8.17 Å². The van der Waals surface area contributed by atoms with Gasteiger partial charge in [0.05, 0.1) is 11.0 Å². The van der Waals surface area contributed by atoms with E-state index in [9.17, 15) is 0 Å². The first-order chi connectivity index (χ1) is 26.0. The molecule has 54 heavy (non-hydrogen) atoms. The zero-order valence-corrected chi connectivity index (χ0v) is 29.9. The molecule has 0 N–H and O–H groups in total. The summed E-state index contributed by atoms with van der Waals surface area (Å²) in [6, 6.07) is 70.8. The number of benzene rings is 8. The maximum absolute atomic E-state index is 2.39. The summed E-state index contributed by atoms with van der Waals surface area (Å²) in [6.07, 6.45) is 0. The van der Waals surface area contributed by atoms with E-state index in [2.05, 4.69) is 217 Å². The van der Waals surface area contributed by atoms with E-state index in [1.165, 1.54) is 72.0 Å². The predicted octanol–water partition coefficient (Wildman–Crippen LogP) is 14.5. The number of para-hydroxylation sites is 2. The van der Waals surface area contributed by atoms with Crippen molar-refractivity contribution in [3.8, 4) is 39.1 Å². The van der Waals surface area contributed by atoms with Crippen LogP contribution in [0.3, 0.4) is 0 Å². The van der Waals surface area contributed by atoms with Gasteiger partial charge >= 0.3 is 0 Å². The number of hydrogen-bond donors (Lipinski definition) is 0. The highest BCUT2D eigenvalue weighted by Crippen LogP contribution is 2.50. The molecule has 1 aliphatic rings. The molecule has 0 atom stereocenters. The summed E-state index contributed by atoms with van der Waals surface area (Å²) in [4.78, 5) is 2.39. The molecule has 0 aliphatic heterocycles. The Hall–Kier alpha value is -6.64. The molecule has 0 unspecified atom stereocenters. The average molecular weight is 695 g/mol. The van der Waals surface area contributed by atoms with Crippen molar-refractivity contribution in [3.05, 3.63) is 205 Å². The molecule has 1 heterocycles. The third-order valence-electron chi connectivity index (χ3n) is 11.2. The van der Waals surface area contributed by atoms with Crippen LogP contribution in [0.25, 0.3) is 60.9 Å². The molecule has 260 valence electrons. The lowest BCUT2D eigenvalue weighted by Gasteiger charge is -2.27. The average Bonchev–Trinajstić information content (AvgIpc) is 3.67. The first-order valence-corrected chi connectivity index (χ1v) is 18.4. The molecule has 0 bridgehead atoms. The SMILES string of the molecule is C.CC1(C)c2ccccc2-c2cc(N(c3ccc(-c4ccccc4)cc3)c3ccc(-c4ccc5c(c4)c4ccccc4n5-c4ccccc4)cc3)ccc21. The highest BCUT2D eigenvalue weighted by atomic mass is 15.1. The van der Waals surface area contributed by atoms with Gasteiger partial charge in [0.1, 0.15) is 0 Å². The molecule has 0 radical (unpaired) electrons. The Morgan fingerprint density at radius 1 is 0.389 bits per heavy atom. The second-order valence-electron chi connectivity index (χ2n) is 14.6. The Balaban J connectivity index is 0.00000384. The highest BCUT2D eigenvalue weighted by molar-refractivity contribution is 6.10. The summed E-state index contributed by atoms with van der Waals surface area (Å²) >= 11 is 0. The quantitative estimate of drug-likeness (QED) is 0.168. The summed E-state index contributed by atoms with van der Waals surface area (Å²) in [6.45, 7) is 4.68. The Labute approximate surface area is 318 Å². The normalized spacial score (nSPS) is 12.6. The minimum absolute atomic E-state index is 0. The van der Waals surface area contributed by atoms with E-state index in [1.54, 1.807) is 0 Å². The van der Waals surface area contributed by atoms with E-state index in [0.717, 1.165) is 17.1 Å². The molecule has 2 heteroatoms. The van der Waals surface area contributed by atoms with E-state index in [-0.39, 0.29) is 12.8 Å². The molecule has 8 aromatic carbocycles. The Morgan fingerprint density at radius 2 is 0.907 bits per heavy atom. The minimum atomic E-state index is -0.0389. The molecule has 1 aliphatic carbocycles. The molecular formula is C52H42N2. The number of aromatic nitrogens is 1. The van der Waals surface area contributed by atoms with Crippen LogP contribution in [0.2, 0.25) is 0 Å². The molecule has 1 aromatic heterocycles. The molecule has 2 nitrogen and oxygen atoms in total. The minimum Gasteiger partial charge on any atom is -0.310 e. The standard InChI is InChI=1S/C51H38N2.CH4/c1-51(2)47-19-11-9-17-43(47)45-34-42(30-31-48(45)51)52(40-26-21-36(22-27-40)35-13-5-3-6-14-35)41-28-23-37(24-29-41)38-25-32-50-46(33-38)44-18-10-12-20-49(44)53(50)39-15-7-4-8-16-39;/h3-34H,1-2H3;1H4. The molecule has 10 rings (SSSR count). The van der Waals surface area contributed by atoms with Gasteiger partial charge < -0.3 is 9.47 Å². The van der Waals surface area contributed by atoms with Gasteiger partial charge in [-0.15, -0.1) is 0 Å². The molecule has 0 amide bonds. The second-order valence-corrected chi connectivity index (χ2v) is 14.6. The number of rotatable bonds is 6. The lowest BCUT2D eigenvalue weighted by atomic mass is 9.82. The zero-order chi connectivity index (χ0) is 35.5. The van der Waals surface area contributed by atoms with Crippen molar-refractivity contribution in [3.63, 3.8) is 0 Å². The van der Waals surface area contributed by atoms with Crippen LogP contribution < -0.4 is 4.90 Å². The van der Waals surface area contributed by atoms with Gasteiger partial charge in [0.15, 0.2) is 0 Å². The van der Waals surface area contributed by atoms with Crippen molar-refractivity contribution in [1.82, 2.24) is 4.57 Å². The fourth-order valence-electron chi connectivity index (χ4n) is 8.54. The van der Waals surface area contributed by atoms with Gasteiger partial charge in [-0.25, -0.2) is 0 Å². The second kappa shape index (κ2) is 13.1.